The molecule has 1 aliphatic heterocycles. The molecule has 22 heavy (non-hydrogen) atoms. The van der Waals surface area contributed by atoms with Crippen LogP contribution in [-0.2, 0) is 23.9 Å². The molecule has 0 saturated carbocycles. The minimum Gasteiger partial charge on any atom is -0.466 e. The van der Waals surface area contributed by atoms with Crippen molar-refractivity contribution in [2.75, 3.05) is 46.1 Å². The van der Waals surface area contributed by atoms with E-state index in [0.717, 1.165) is 0 Å². The molecule has 1 heterocycles. The standard InChI is InChI=1S/C14H24N2O6/c1-2-22-14(20)11-4-3-6-16(10-11)13(19)12(18)15-5-8-21-9-7-17/h11,17H,2-10H2,1H3,(H,15,18). The Hall–Kier alpha value is -1.67. The number of nitrogens with zero attached hydrogens (tertiary/aromatic N) is 1. The van der Waals surface area contributed by atoms with Crippen molar-refractivity contribution in [1.82, 2.24) is 10.2 Å². The Morgan fingerprint density at radius 3 is 2.77 bits per heavy atom. The molecular weight excluding hydrogens is 292 g/mol. The van der Waals surface area contributed by atoms with Crippen molar-refractivity contribution >= 4 is 17.8 Å². The summed E-state index contributed by atoms with van der Waals surface area (Å²) in [5.41, 5.74) is 0. The molecule has 0 aromatic carbocycles. The van der Waals surface area contributed by atoms with Gasteiger partial charge >= 0.3 is 17.8 Å². The number of hydrogen-bond acceptors (Lipinski definition) is 6. The lowest BCUT2D eigenvalue weighted by molar-refractivity contribution is -0.154. The molecule has 0 aromatic heterocycles. The number of esters is 1. The van der Waals surface area contributed by atoms with E-state index in [2.05, 4.69) is 5.32 Å². The molecule has 1 atom stereocenters. The fourth-order valence-electron chi connectivity index (χ4n) is 2.24. The molecule has 126 valence electrons. The van der Waals surface area contributed by atoms with Crippen LogP contribution in [0.2, 0.25) is 0 Å². The van der Waals surface area contributed by atoms with Gasteiger partial charge in [0, 0.05) is 19.6 Å². The van der Waals surface area contributed by atoms with Crippen LogP contribution in [0.25, 0.3) is 0 Å². The maximum Gasteiger partial charge on any atom is 0.311 e. The van der Waals surface area contributed by atoms with Crippen LogP contribution in [0.4, 0.5) is 0 Å². The zero-order chi connectivity index (χ0) is 16.4. The normalized spacial score (nSPS) is 17.9. The molecule has 0 bridgehead atoms. The summed E-state index contributed by atoms with van der Waals surface area (Å²) in [4.78, 5) is 36.9. The van der Waals surface area contributed by atoms with Gasteiger partial charge in [0.25, 0.3) is 0 Å². The Kier molecular flexibility index (Phi) is 8.46. The van der Waals surface area contributed by atoms with E-state index in [1.54, 1.807) is 6.92 Å². The Labute approximate surface area is 129 Å². The van der Waals surface area contributed by atoms with Gasteiger partial charge in [-0.15, -0.1) is 0 Å². The van der Waals surface area contributed by atoms with E-state index in [9.17, 15) is 14.4 Å². The minimum atomic E-state index is -0.711. The topological polar surface area (TPSA) is 105 Å². The number of rotatable bonds is 7. The fourth-order valence-corrected chi connectivity index (χ4v) is 2.24. The van der Waals surface area contributed by atoms with E-state index in [0.29, 0.717) is 26.0 Å². The Morgan fingerprint density at radius 2 is 2.09 bits per heavy atom. The van der Waals surface area contributed by atoms with Crippen molar-refractivity contribution in [2.24, 2.45) is 5.92 Å². The highest BCUT2D eigenvalue weighted by atomic mass is 16.5. The van der Waals surface area contributed by atoms with Gasteiger partial charge in [0.15, 0.2) is 0 Å². The van der Waals surface area contributed by atoms with Gasteiger partial charge in [0.2, 0.25) is 0 Å². The molecule has 0 spiro atoms. The Morgan fingerprint density at radius 1 is 1.32 bits per heavy atom. The van der Waals surface area contributed by atoms with Crippen molar-refractivity contribution in [2.45, 2.75) is 19.8 Å². The number of nitrogens with one attached hydrogen (secondary N) is 1. The third-order valence-corrected chi connectivity index (χ3v) is 3.29. The second-order valence-electron chi connectivity index (χ2n) is 4.93. The zero-order valence-electron chi connectivity index (χ0n) is 12.9. The maximum absolute atomic E-state index is 12.0. The Bertz CT molecular complexity index is 388. The second-order valence-corrected chi connectivity index (χ2v) is 4.93. The molecule has 0 radical (unpaired) electrons. The Balaban J connectivity index is 2.37. The van der Waals surface area contributed by atoms with E-state index < -0.39 is 11.8 Å². The van der Waals surface area contributed by atoms with Crippen LogP contribution in [-0.4, -0.2) is 73.9 Å². The molecule has 0 aliphatic carbocycles. The van der Waals surface area contributed by atoms with E-state index in [4.69, 9.17) is 14.6 Å². The summed E-state index contributed by atoms with van der Waals surface area (Å²) >= 11 is 0. The summed E-state index contributed by atoms with van der Waals surface area (Å²) in [6.07, 6.45) is 1.33. The lowest BCUT2D eigenvalue weighted by Gasteiger charge is -2.30. The van der Waals surface area contributed by atoms with Crippen molar-refractivity contribution < 1.29 is 29.0 Å². The van der Waals surface area contributed by atoms with E-state index in [1.807, 2.05) is 0 Å². The number of aliphatic hydroxyl groups is 1. The molecule has 2 amide bonds. The summed E-state index contributed by atoms with van der Waals surface area (Å²) in [6, 6.07) is 0. The van der Waals surface area contributed by atoms with Gasteiger partial charge in [-0.25, -0.2) is 0 Å². The van der Waals surface area contributed by atoms with Crippen molar-refractivity contribution in [3.8, 4) is 0 Å². The molecule has 1 fully saturated rings. The zero-order valence-corrected chi connectivity index (χ0v) is 12.9. The lowest BCUT2D eigenvalue weighted by Crippen LogP contribution is -2.49. The van der Waals surface area contributed by atoms with Gasteiger partial charge < -0.3 is 24.8 Å². The first kappa shape index (κ1) is 18.4. The maximum atomic E-state index is 12.0. The van der Waals surface area contributed by atoms with E-state index in [-0.39, 0.29) is 44.8 Å². The van der Waals surface area contributed by atoms with Crippen LogP contribution < -0.4 is 5.32 Å². The molecule has 0 aromatic rings. The smallest absolute Gasteiger partial charge is 0.311 e. The van der Waals surface area contributed by atoms with Crippen molar-refractivity contribution in [3.05, 3.63) is 0 Å². The predicted molar refractivity (Wildman–Crippen MR) is 76.9 cm³/mol. The van der Waals surface area contributed by atoms with Crippen LogP contribution in [0.3, 0.4) is 0 Å². The number of amides is 2. The quantitative estimate of drug-likeness (QED) is 0.351. The highest BCUT2D eigenvalue weighted by Gasteiger charge is 2.31. The average molecular weight is 316 g/mol. The number of aliphatic hydroxyl groups excluding tert-OH is 1. The van der Waals surface area contributed by atoms with Crippen LogP contribution in [0.15, 0.2) is 0 Å². The summed E-state index contributed by atoms with van der Waals surface area (Å²) in [6.45, 7) is 3.24. The van der Waals surface area contributed by atoms with Gasteiger partial charge in [0.1, 0.15) is 0 Å². The average Bonchev–Trinajstić information content (AvgIpc) is 2.54. The number of hydrogen-bond donors (Lipinski definition) is 2. The molecular formula is C14H24N2O6. The molecule has 2 N–H and O–H groups in total. The van der Waals surface area contributed by atoms with Crippen LogP contribution in [0, 0.1) is 5.92 Å². The monoisotopic (exact) mass is 316 g/mol. The minimum absolute atomic E-state index is 0.0874. The number of ether oxygens (including phenoxy) is 2. The summed E-state index contributed by atoms with van der Waals surface area (Å²) < 4.78 is 9.94. The largest absolute Gasteiger partial charge is 0.466 e. The van der Waals surface area contributed by atoms with Gasteiger partial charge in [-0.3, -0.25) is 14.4 Å². The third kappa shape index (κ3) is 5.98. The number of carbonyl (C=O) groups excluding carboxylic acids is 3. The highest BCUT2D eigenvalue weighted by Crippen LogP contribution is 2.18. The third-order valence-electron chi connectivity index (χ3n) is 3.29. The van der Waals surface area contributed by atoms with Gasteiger partial charge in [-0.2, -0.15) is 0 Å². The SMILES string of the molecule is CCOC(=O)C1CCCN(C(=O)C(=O)NCCOCCO)C1. The van der Waals surface area contributed by atoms with Gasteiger partial charge in [-0.05, 0) is 19.8 Å². The van der Waals surface area contributed by atoms with E-state index >= 15 is 0 Å². The van der Waals surface area contributed by atoms with Gasteiger partial charge in [-0.1, -0.05) is 0 Å². The fraction of sp³-hybridized carbons (Fsp3) is 0.786. The second kappa shape index (κ2) is 10.1. The predicted octanol–water partition coefficient (Wildman–Crippen LogP) is -1.09. The van der Waals surface area contributed by atoms with Crippen LogP contribution in [0.1, 0.15) is 19.8 Å². The first-order valence-corrected chi connectivity index (χ1v) is 7.52. The summed E-state index contributed by atoms with van der Waals surface area (Å²) in [5, 5.41) is 11.0. The molecule has 8 nitrogen and oxygen atoms in total. The molecule has 1 unspecified atom stereocenters. The molecule has 8 heteroatoms. The summed E-state index contributed by atoms with van der Waals surface area (Å²) in [5.74, 6) is -2.04. The highest BCUT2D eigenvalue weighted by molar-refractivity contribution is 6.35. The van der Waals surface area contributed by atoms with Crippen molar-refractivity contribution in [3.63, 3.8) is 0 Å². The van der Waals surface area contributed by atoms with Crippen LogP contribution in [0.5, 0.6) is 0 Å². The molecule has 1 aliphatic rings. The number of likely N-dealkylation sites (tertiary alicyclic amines) is 1. The number of carbonyl (C=O) groups is 3. The molecule has 1 rings (SSSR count). The lowest BCUT2D eigenvalue weighted by atomic mass is 9.98. The van der Waals surface area contributed by atoms with Crippen molar-refractivity contribution in [1.29, 1.82) is 0 Å². The van der Waals surface area contributed by atoms with Crippen LogP contribution >= 0.6 is 0 Å². The first-order chi connectivity index (χ1) is 10.6. The van der Waals surface area contributed by atoms with E-state index in [1.165, 1.54) is 4.90 Å². The molecule has 1 saturated heterocycles. The first-order valence-electron chi connectivity index (χ1n) is 7.52. The van der Waals surface area contributed by atoms with Gasteiger partial charge in [0.05, 0.1) is 32.3 Å². The number of piperidine rings is 1. The summed E-state index contributed by atoms with van der Waals surface area (Å²) in [7, 11) is 0.